The Balaban J connectivity index is 1.50. The molecule has 2 saturated carbocycles. The number of nitrogens with zero attached hydrogens (tertiary/aromatic N) is 2. The molecule has 116 valence electrons. The minimum atomic E-state index is 0.0204. The van der Waals surface area contributed by atoms with E-state index < -0.39 is 0 Å². The Morgan fingerprint density at radius 2 is 2.10 bits per heavy atom. The van der Waals surface area contributed by atoms with Crippen LogP contribution in [0.2, 0.25) is 0 Å². The highest BCUT2D eigenvalue weighted by atomic mass is 16.3. The SMILES string of the molecule is CN1CCC(CN(C)C2CCC(CO)(NC3CC3)C2)C1. The number of nitrogens with one attached hydrogen (secondary N) is 1. The van der Waals surface area contributed by atoms with Crippen LogP contribution in [0.25, 0.3) is 0 Å². The van der Waals surface area contributed by atoms with Gasteiger partial charge in [-0.25, -0.2) is 0 Å². The van der Waals surface area contributed by atoms with Crippen molar-refractivity contribution in [1.29, 1.82) is 0 Å². The van der Waals surface area contributed by atoms with E-state index in [-0.39, 0.29) is 5.54 Å². The summed E-state index contributed by atoms with van der Waals surface area (Å²) in [6.07, 6.45) is 7.45. The molecule has 1 heterocycles. The summed E-state index contributed by atoms with van der Waals surface area (Å²) in [5, 5.41) is 13.5. The second-order valence-electron chi connectivity index (χ2n) is 7.61. The standard InChI is InChI=1S/C16H31N3O/c1-18-8-6-13(10-18)11-19(2)15-5-7-16(9-15,12-20)17-14-3-4-14/h13-15,17,20H,3-12H2,1-2H3. The predicted octanol–water partition coefficient (Wildman–Crippen LogP) is 0.906. The lowest BCUT2D eigenvalue weighted by Crippen LogP contribution is -2.49. The number of rotatable bonds is 6. The molecule has 1 saturated heterocycles. The zero-order valence-corrected chi connectivity index (χ0v) is 13.1. The maximum atomic E-state index is 9.82. The van der Waals surface area contributed by atoms with Crippen LogP contribution in [-0.4, -0.2) is 72.9 Å². The van der Waals surface area contributed by atoms with Gasteiger partial charge in [0, 0.05) is 30.7 Å². The van der Waals surface area contributed by atoms with E-state index in [1.54, 1.807) is 0 Å². The van der Waals surface area contributed by atoms with Crippen LogP contribution in [0.3, 0.4) is 0 Å². The number of likely N-dealkylation sites (tertiary alicyclic amines) is 1. The lowest BCUT2D eigenvalue weighted by atomic mass is 9.98. The molecule has 1 aliphatic heterocycles. The average molecular weight is 281 g/mol. The van der Waals surface area contributed by atoms with Crippen molar-refractivity contribution >= 4 is 0 Å². The van der Waals surface area contributed by atoms with Crippen molar-refractivity contribution in [3.05, 3.63) is 0 Å². The maximum absolute atomic E-state index is 9.82. The fourth-order valence-electron chi connectivity index (χ4n) is 4.19. The summed E-state index contributed by atoms with van der Waals surface area (Å²) < 4.78 is 0. The highest BCUT2D eigenvalue weighted by Crippen LogP contribution is 2.36. The smallest absolute Gasteiger partial charge is 0.0614 e. The Labute approximate surface area is 123 Å². The van der Waals surface area contributed by atoms with Crippen molar-refractivity contribution in [3.8, 4) is 0 Å². The van der Waals surface area contributed by atoms with Gasteiger partial charge < -0.3 is 20.2 Å². The Bertz CT molecular complexity index is 334. The predicted molar refractivity (Wildman–Crippen MR) is 81.8 cm³/mol. The van der Waals surface area contributed by atoms with Crippen LogP contribution in [0, 0.1) is 5.92 Å². The van der Waals surface area contributed by atoms with E-state index in [1.165, 1.54) is 45.3 Å². The third-order valence-electron chi connectivity index (χ3n) is 5.63. The summed E-state index contributed by atoms with van der Waals surface area (Å²) >= 11 is 0. The van der Waals surface area contributed by atoms with Crippen molar-refractivity contribution in [1.82, 2.24) is 15.1 Å². The molecule has 2 aliphatic carbocycles. The van der Waals surface area contributed by atoms with Crippen LogP contribution in [0.4, 0.5) is 0 Å². The summed E-state index contributed by atoms with van der Waals surface area (Å²) in [5.41, 5.74) is 0.0204. The number of aliphatic hydroxyl groups is 1. The molecule has 0 aromatic heterocycles. The molecule has 4 nitrogen and oxygen atoms in total. The topological polar surface area (TPSA) is 38.7 Å². The van der Waals surface area contributed by atoms with Gasteiger partial charge >= 0.3 is 0 Å². The van der Waals surface area contributed by atoms with Gasteiger partial charge in [0.1, 0.15) is 0 Å². The molecular formula is C16H31N3O. The summed E-state index contributed by atoms with van der Waals surface area (Å²) in [6.45, 7) is 4.04. The van der Waals surface area contributed by atoms with Crippen LogP contribution in [0.1, 0.15) is 38.5 Å². The van der Waals surface area contributed by atoms with E-state index >= 15 is 0 Å². The van der Waals surface area contributed by atoms with Crippen LogP contribution in [0.5, 0.6) is 0 Å². The van der Waals surface area contributed by atoms with Gasteiger partial charge in [-0.15, -0.1) is 0 Å². The average Bonchev–Trinajstić information content (AvgIpc) is 2.97. The van der Waals surface area contributed by atoms with Crippen LogP contribution in [0.15, 0.2) is 0 Å². The van der Waals surface area contributed by atoms with Crippen molar-refractivity contribution in [2.75, 3.05) is 40.3 Å². The Morgan fingerprint density at radius 1 is 1.30 bits per heavy atom. The normalized spacial score (nSPS) is 39.0. The first-order chi connectivity index (χ1) is 9.60. The molecule has 4 heteroatoms. The van der Waals surface area contributed by atoms with Crippen molar-refractivity contribution < 1.29 is 5.11 Å². The first-order valence-corrected chi connectivity index (χ1v) is 8.37. The molecular weight excluding hydrogens is 250 g/mol. The van der Waals surface area contributed by atoms with Gasteiger partial charge in [0.15, 0.2) is 0 Å². The molecule has 0 spiro atoms. The molecule has 0 aromatic rings. The summed E-state index contributed by atoms with van der Waals surface area (Å²) in [7, 11) is 4.51. The van der Waals surface area contributed by atoms with E-state index in [2.05, 4.69) is 29.2 Å². The number of hydrogen-bond donors (Lipinski definition) is 2. The molecule has 0 amide bonds. The number of hydrogen-bond acceptors (Lipinski definition) is 4. The van der Waals surface area contributed by atoms with Gasteiger partial charge in [0.2, 0.25) is 0 Å². The molecule has 0 aromatic carbocycles. The fraction of sp³-hybridized carbons (Fsp3) is 1.00. The first kappa shape index (κ1) is 14.8. The van der Waals surface area contributed by atoms with E-state index in [0.717, 1.165) is 18.8 Å². The molecule has 3 fully saturated rings. The van der Waals surface area contributed by atoms with Gasteiger partial charge in [0.05, 0.1) is 6.61 Å². The van der Waals surface area contributed by atoms with E-state index in [9.17, 15) is 5.11 Å². The number of aliphatic hydroxyl groups excluding tert-OH is 1. The summed E-state index contributed by atoms with van der Waals surface area (Å²) in [4.78, 5) is 5.01. The van der Waals surface area contributed by atoms with Crippen LogP contribution in [-0.2, 0) is 0 Å². The van der Waals surface area contributed by atoms with Crippen LogP contribution >= 0.6 is 0 Å². The highest BCUT2D eigenvalue weighted by molar-refractivity contribution is 5.03. The first-order valence-electron chi connectivity index (χ1n) is 8.37. The minimum absolute atomic E-state index is 0.0204. The summed E-state index contributed by atoms with van der Waals surface area (Å²) in [6, 6.07) is 1.34. The lowest BCUT2D eigenvalue weighted by molar-refractivity contribution is 0.144. The molecule has 3 atom stereocenters. The van der Waals surface area contributed by atoms with E-state index in [4.69, 9.17) is 0 Å². The zero-order valence-electron chi connectivity index (χ0n) is 13.1. The Kier molecular flexibility index (Phi) is 4.37. The highest BCUT2D eigenvalue weighted by Gasteiger charge is 2.43. The van der Waals surface area contributed by atoms with Crippen molar-refractivity contribution in [2.45, 2.75) is 56.1 Å². The maximum Gasteiger partial charge on any atom is 0.0614 e. The molecule has 2 N–H and O–H groups in total. The summed E-state index contributed by atoms with van der Waals surface area (Å²) in [5.74, 6) is 0.838. The van der Waals surface area contributed by atoms with Gasteiger partial charge in [-0.1, -0.05) is 0 Å². The van der Waals surface area contributed by atoms with Crippen LogP contribution < -0.4 is 5.32 Å². The second-order valence-corrected chi connectivity index (χ2v) is 7.61. The molecule has 3 rings (SSSR count). The van der Waals surface area contributed by atoms with Gasteiger partial charge in [-0.05, 0) is 65.1 Å². The van der Waals surface area contributed by atoms with Gasteiger partial charge in [-0.3, -0.25) is 0 Å². The minimum Gasteiger partial charge on any atom is -0.394 e. The van der Waals surface area contributed by atoms with E-state index in [0.29, 0.717) is 18.7 Å². The Hall–Kier alpha value is -0.160. The van der Waals surface area contributed by atoms with Gasteiger partial charge in [-0.2, -0.15) is 0 Å². The van der Waals surface area contributed by atoms with E-state index in [1.807, 2.05) is 0 Å². The Morgan fingerprint density at radius 3 is 2.70 bits per heavy atom. The zero-order chi connectivity index (χ0) is 14.2. The quantitative estimate of drug-likeness (QED) is 0.759. The molecule has 3 aliphatic rings. The van der Waals surface area contributed by atoms with Crippen molar-refractivity contribution in [3.63, 3.8) is 0 Å². The molecule has 0 bridgehead atoms. The van der Waals surface area contributed by atoms with Gasteiger partial charge in [0.25, 0.3) is 0 Å². The largest absolute Gasteiger partial charge is 0.394 e. The second kappa shape index (κ2) is 5.91. The third kappa shape index (κ3) is 3.35. The third-order valence-corrected chi connectivity index (χ3v) is 5.63. The molecule has 0 radical (unpaired) electrons. The lowest BCUT2D eigenvalue weighted by Gasteiger charge is -2.32. The molecule has 20 heavy (non-hydrogen) atoms. The fourth-order valence-corrected chi connectivity index (χ4v) is 4.19. The van der Waals surface area contributed by atoms with Crippen molar-refractivity contribution in [2.24, 2.45) is 5.92 Å². The monoisotopic (exact) mass is 281 g/mol. The molecule has 3 unspecified atom stereocenters.